The Morgan fingerprint density at radius 1 is 1.11 bits per heavy atom. The molecule has 108 valence electrons. The highest BCUT2D eigenvalue weighted by Crippen LogP contribution is 2.58. The summed E-state index contributed by atoms with van der Waals surface area (Å²) in [5.41, 5.74) is -1.12. The van der Waals surface area contributed by atoms with Crippen LogP contribution in [0.2, 0.25) is 0 Å². The minimum Gasteiger partial charge on any atom is -0.481 e. The number of carboxylic acids is 1. The number of esters is 1. The molecule has 2 unspecified atom stereocenters. The molecule has 0 aromatic carbocycles. The van der Waals surface area contributed by atoms with Crippen LogP contribution in [0, 0.1) is 10.8 Å². The molecule has 19 heavy (non-hydrogen) atoms. The van der Waals surface area contributed by atoms with Gasteiger partial charge in [-0.05, 0) is 37.5 Å². The predicted octanol–water partition coefficient (Wildman–Crippen LogP) is 3.14. The summed E-state index contributed by atoms with van der Waals surface area (Å²) in [6, 6.07) is 0. The first-order valence-corrected chi connectivity index (χ1v) is 7.33. The Balaban J connectivity index is 2.35. The number of carbonyl (C=O) groups excluding carboxylic acids is 1. The van der Waals surface area contributed by atoms with E-state index >= 15 is 0 Å². The number of rotatable bonds is 3. The predicted molar refractivity (Wildman–Crippen MR) is 70.7 cm³/mol. The molecule has 0 aliphatic heterocycles. The van der Waals surface area contributed by atoms with Crippen LogP contribution in [0.15, 0.2) is 0 Å². The molecule has 0 heterocycles. The number of carboxylic acid groups (broad SMARTS) is 1. The monoisotopic (exact) mass is 268 g/mol. The smallest absolute Gasteiger partial charge is 0.313 e. The molecular formula is C15H24O4. The fraction of sp³-hybridized carbons (Fsp3) is 0.867. The summed E-state index contributed by atoms with van der Waals surface area (Å²) in [7, 11) is 0. The van der Waals surface area contributed by atoms with Crippen molar-refractivity contribution in [2.45, 2.75) is 71.3 Å². The van der Waals surface area contributed by atoms with Gasteiger partial charge in [-0.15, -0.1) is 0 Å². The lowest BCUT2D eigenvalue weighted by Gasteiger charge is -2.48. The minimum absolute atomic E-state index is 0.242. The molecule has 0 radical (unpaired) electrons. The van der Waals surface area contributed by atoms with Gasteiger partial charge in [-0.25, -0.2) is 0 Å². The van der Waals surface area contributed by atoms with E-state index in [9.17, 15) is 14.7 Å². The SMILES string of the molecule is CC(=O)OC1CCCC1(C(=O)O)C1(C)CCCCC1. The topological polar surface area (TPSA) is 63.6 Å². The maximum absolute atomic E-state index is 12.0. The van der Waals surface area contributed by atoms with Crippen LogP contribution < -0.4 is 0 Å². The molecule has 4 heteroatoms. The van der Waals surface area contributed by atoms with E-state index < -0.39 is 17.5 Å². The van der Waals surface area contributed by atoms with Crippen molar-refractivity contribution in [2.75, 3.05) is 0 Å². The molecule has 2 fully saturated rings. The molecule has 0 saturated heterocycles. The number of aliphatic carboxylic acids is 1. The first-order chi connectivity index (χ1) is 8.92. The van der Waals surface area contributed by atoms with Gasteiger partial charge in [-0.1, -0.05) is 26.2 Å². The Kier molecular flexibility index (Phi) is 3.88. The van der Waals surface area contributed by atoms with Crippen molar-refractivity contribution < 1.29 is 19.4 Å². The van der Waals surface area contributed by atoms with Gasteiger partial charge in [-0.2, -0.15) is 0 Å². The summed E-state index contributed by atoms with van der Waals surface area (Å²) in [6.07, 6.45) is 6.90. The average molecular weight is 268 g/mol. The van der Waals surface area contributed by atoms with Gasteiger partial charge in [0.2, 0.25) is 0 Å². The lowest BCUT2D eigenvalue weighted by atomic mass is 9.56. The molecule has 0 aromatic heterocycles. The van der Waals surface area contributed by atoms with Crippen molar-refractivity contribution >= 4 is 11.9 Å². The van der Waals surface area contributed by atoms with Crippen LogP contribution in [0.4, 0.5) is 0 Å². The zero-order valence-corrected chi connectivity index (χ0v) is 11.9. The first-order valence-electron chi connectivity index (χ1n) is 7.33. The molecule has 0 amide bonds. The lowest BCUT2D eigenvalue weighted by Crippen LogP contribution is -2.53. The second-order valence-electron chi connectivity index (χ2n) is 6.39. The Morgan fingerprint density at radius 2 is 1.74 bits per heavy atom. The van der Waals surface area contributed by atoms with Gasteiger partial charge in [-0.3, -0.25) is 9.59 Å². The van der Waals surface area contributed by atoms with Crippen molar-refractivity contribution in [3.8, 4) is 0 Å². The molecule has 4 nitrogen and oxygen atoms in total. The van der Waals surface area contributed by atoms with E-state index in [1.165, 1.54) is 13.3 Å². The Hall–Kier alpha value is -1.06. The normalized spacial score (nSPS) is 33.9. The minimum atomic E-state index is -0.876. The molecule has 0 spiro atoms. The van der Waals surface area contributed by atoms with Crippen molar-refractivity contribution in [3.63, 3.8) is 0 Å². The van der Waals surface area contributed by atoms with Crippen LogP contribution in [0.1, 0.15) is 65.2 Å². The second-order valence-corrected chi connectivity index (χ2v) is 6.39. The average Bonchev–Trinajstić information content (AvgIpc) is 2.74. The summed E-state index contributed by atoms with van der Waals surface area (Å²) in [5, 5.41) is 9.87. The quantitative estimate of drug-likeness (QED) is 0.799. The summed E-state index contributed by atoms with van der Waals surface area (Å²) >= 11 is 0. The summed E-state index contributed by atoms with van der Waals surface area (Å²) in [5.74, 6) is -1.14. The Morgan fingerprint density at radius 3 is 2.26 bits per heavy atom. The molecule has 2 atom stereocenters. The van der Waals surface area contributed by atoms with Crippen LogP contribution >= 0.6 is 0 Å². The van der Waals surface area contributed by atoms with Gasteiger partial charge in [0.1, 0.15) is 11.5 Å². The third-order valence-electron chi connectivity index (χ3n) is 5.31. The van der Waals surface area contributed by atoms with Gasteiger partial charge in [0.25, 0.3) is 0 Å². The van der Waals surface area contributed by atoms with Gasteiger partial charge in [0.05, 0.1) is 0 Å². The Labute approximate surface area is 114 Å². The number of carbonyl (C=O) groups is 2. The summed E-state index contributed by atoms with van der Waals surface area (Å²) < 4.78 is 5.39. The van der Waals surface area contributed by atoms with E-state index in [4.69, 9.17) is 4.74 Å². The summed E-state index contributed by atoms with van der Waals surface area (Å²) in [6.45, 7) is 3.45. The van der Waals surface area contributed by atoms with Gasteiger partial charge >= 0.3 is 11.9 Å². The van der Waals surface area contributed by atoms with E-state index in [1.807, 2.05) is 0 Å². The number of hydrogen-bond donors (Lipinski definition) is 1. The zero-order valence-electron chi connectivity index (χ0n) is 11.9. The molecule has 0 bridgehead atoms. The molecule has 0 aromatic rings. The van der Waals surface area contributed by atoms with E-state index in [2.05, 4.69) is 6.92 Å². The van der Waals surface area contributed by atoms with Crippen LogP contribution in [-0.2, 0) is 14.3 Å². The fourth-order valence-electron chi connectivity index (χ4n) is 4.31. The molecule has 1 N–H and O–H groups in total. The molecular weight excluding hydrogens is 244 g/mol. The van der Waals surface area contributed by atoms with Crippen molar-refractivity contribution in [1.29, 1.82) is 0 Å². The van der Waals surface area contributed by atoms with Crippen LogP contribution in [0.5, 0.6) is 0 Å². The lowest BCUT2D eigenvalue weighted by molar-refractivity contribution is -0.180. The third kappa shape index (κ3) is 2.26. The van der Waals surface area contributed by atoms with E-state index in [-0.39, 0.29) is 11.4 Å². The van der Waals surface area contributed by atoms with Crippen LogP contribution in [0.25, 0.3) is 0 Å². The van der Waals surface area contributed by atoms with Gasteiger partial charge in [0.15, 0.2) is 0 Å². The molecule has 2 aliphatic rings. The summed E-state index contributed by atoms with van der Waals surface area (Å²) in [4.78, 5) is 23.3. The number of ether oxygens (including phenoxy) is 1. The second kappa shape index (κ2) is 5.14. The molecule has 2 saturated carbocycles. The van der Waals surface area contributed by atoms with E-state index in [0.29, 0.717) is 12.8 Å². The number of hydrogen-bond acceptors (Lipinski definition) is 3. The van der Waals surface area contributed by atoms with E-state index in [0.717, 1.165) is 32.1 Å². The van der Waals surface area contributed by atoms with Crippen LogP contribution in [-0.4, -0.2) is 23.1 Å². The highest BCUT2D eigenvalue weighted by molar-refractivity contribution is 5.78. The Bertz CT molecular complexity index is 370. The highest BCUT2D eigenvalue weighted by atomic mass is 16.5. The maximum Gasteiger partial charge on any atom is 0.313 e. The standard InChI is InChI=1S/C15H24O4/c1-11(16)19-12-7-6-10-15(12,13(17)18)14(2)8-4-3-5-9-14/h12H,3-10H2,1-2H3,(H,17,18). The first kappa shape index (κ1) is 14.4. The van der Waals surface area contributed by atoms with Crippen molar-refractivity contribution in [3.05, 3.63) is 0 Å². The van der Waals surface area contributed by atoms with Crippen LogP contribution in [0.3, 0.4) is 0 Å². The van der Waals surface area contributed by atoms with E-state index in [1.54, 1.807) is 0 Å². The maximum atomic E-state index is 12.0. The molecule has 2 rings (SSSR count). The molecule has 2 aliphatic carbocycles. The zero-order chi connectivity index (χ0) is 14.1. The van der Waals surface area contributed by atoms with Gasteiger partial charge < -0.3 is 9.84 Å². The van der Waals surface area contributed by atoms with Crippen molar-refractivity contribution in [2.24, 2.45) is 10.8 Å². The largest absolute Gasteiger partial charge is 0.481 e. The highest BCUT2D eigenvalue weighted by Gasteiger charge is 2.61. The van der Waals surface area contributed by atoms with Crippen molar-refractivity contribution in [1.82, 2.24) is 0 Å². The fourth-order valence-corrected chi connectivity index (χ4v) is 4.31. The third-order valence-corrected chi connectivity index (χ3v) is 5.31. The van der Waals surface area contributed by atoms with Gasteiger partial charge in [0, 0.05) is 6.92 Å².